The highest BCUT2D eigenvalue weighted by atomic mass is 35.5. The van der Waals surface area contributed by atoms with Gasteiger partial charge in [-0.1, -0.05) is 12.1 Å². The molecule has 0 bridgehead atoms. The Kier molecular flexibility index (Phi) is 6.71. The number of carbonyl (C=O) groups excluding carboxylic acids is 2. The number of nitrogens with one attached hydrogen (secondary N) is 1. The van der Waals surface area contributed by atoms with Crippen LogP contribution in [0.1, 0.15) is 59.5 Å². The number of amides is 2. The Morgan fingerprint density at radius 2 is 1.89 bits per heavy atom. The van der Waals surface area contributed by atoms with E-state index in [1.54, 1.807) is 18.3 Å². The standard InChI is InChI=1S/C27H27ClN6O4/c1-14(2)33-21(19-13-31-27(38-4)32-25(19)37-3)10-18-23(33)22(16-7-5-15(11-29)6-8-16)34(26(18)36)17-9-20(28)24(35)30-12-17/h5-8,10,13-14,17,20,22H,9,12H2,1-4H3,(H,30,35). The molecule has 2 amide bonds. The lowest BCUT2D eigenvalue weighted by atomic mass is 9.98. The Hall–Kier alpha value is -4.10. The van der Waals surface area contributed by atoms with Crippen LogP contribution in [0.5, 0.6) is 11.9 Å². The molecule has 2 aliphatic heterocycles. The van der Waals surface area contributed by atoms with Crippen LogP contribution in [0.15, 0.2) is 36.5 Å². The van der Waals surface area contributed by atoms with Gasteiger partial charge >= 0.3 is 6.01 Å². The van der Waals surface area contributed by atoms with Crippen LogP contribution < -0.4 is 14.8 Å². The molecule has 1 saturated heterocycles. The normalized spacial score (nSPS) is 20.8. The molecule has 2 aromatic heterocycles. The number of alkyl halides is 1. The number of rotatable bonds is 6. The number of hydrogen-bond acceptors (Lipinski definition) is 7. The minimum absolute atomic E-state index is 0.0407. The fraction of sp³-hybridized carbons (Fsp3) is 0.370. The summed E-state index contributed by atoms with van der Waals surface area (Å²) >= 11 is 6.32. The first-order valence-electron chi connectivity index (χ1n) is 12.2. The first kappa shape index (κ1) is 25.5. The van der Waals surface area contributed by atoms with Crippen LogP contribution in [0, 0.1) is 11.3 Å². The smallest absolute Gasteiger partial charge is 0.319 e. The van der Waals surface area contributed by atoms with Gasteiger partial charge in [0.15, 0.2) is 0 Å². The van der Waals surface area contributed by atoms with E-state index >= 15 is 0 Å². The second kappa shape index (κ2) is 9.99. The van der Waals surface area contributed by atoms with Crippen molar-refractivity contribution in [2.24, 2.45) is 0 Å². The zero-order valence-corrected chi connectivity index (χ0v) is 22.2. The molecule has 1 fully saturated rings. The average Bonchev–Trinajstić information content (AvgIpc) is 3.45. The lowest BCUT2D eigenvalue weighted by Gasteiger charge is -2.38. The number of piperidine rings is 1. The lowest BCUT2D eigenvalue weighted by Crippen LogP contribution is -2.53. The summed E-state index contributed by atoms with van der Waals surface area (Å²) in [5.41, 5.74) is 4.09. The number of carbonyl (C=O) groups is 2. The summed E-state index contributed by atoms with van der Waals surface area (Å²) in [6.45, 7) is 4.39. The van der Waals surface area contributed by atoms with Gasteiger partial charge in [0.05, 0.1) is 60.5 Å². The number of fused-ring (bicyclic) bond motifs is 1. The molecule has 3 atom stereocenters. The van der Waals surface area contributed by atoms with E-state index in [1.165, 1.54) is 14.2 Å². The van der Waals surface area contributed by atoms with Crippen molar-refractivity contribution in [1.82, 2.24) is 24.8 Å². The van der Waals surface area contributed by atoms with Gasteiger partial charge in [-0.15, -0.1) is 11.6 Å². The SMILES string of the molecule is COc1ncc(-c2cc3c(n2C(C)C)C(c2ccc(C#N)cc2)N(C2CNC(=O)C(Cl)C2)C3=O)c(OC)n1. The molecule has 196 valence electrons. The van der Waals surface area contributed by atoms with E-state index in [9.17, 15) is 14.9 Å². The predicted molar refractivity (Wildman–Crippen MR) is 139 cm³/mol. The van der Waals surface area contributed by atoms with Crippen LogP contribution in [0.3, 0.4) is 0 Å². The molecular weight excluding hydrogens is 508 g/mol. The summed E-state index contributed by atoms with van der Waals surface area (Å²) in [6, 6.07) is 10.6. The molecule has 5 rings (SSSR count). The Bertz CT molecular complexity index is 1440. The van der Waals surface area contributed by atoms with Crippen molar-refractivity contribution in [2.45, 2.75) is 43.8 Å². The Labute approximate surface area is 225 Å². The quantitative estimate of drug-likeness (QED) is 0.480. The van der Waals surface area contributed by atoms with Gasteiger partial charge in [-0.2, -0.15) is 10.2 Å². The van der Waals surface area contributed by atoms with Gasteiger partial charge in [-0.3, -0.25) is 9.59 Å². The summed E-state index contributed by atoms with van der Waals surface area (Å²) in [7, 11) is 3.00. The first-order valence-corrected chi connectivity index (χ1v) is 12.7. The second-order valence-corrected chi connectivity index (χ2v) is 10.0. The molecule has 38 heavy (non-hydrogen) atoms. The zero-order valence-electron chi connectivity index (χ0n) is 21.4. The van der Waals surface area contributed by atoms with Gasteiger partial charge in [0.2, 0.25) is 11.8 Å². The minimum atomic E-state index is -0.730. The number of halogens is 1. The predicted octanol–water partition coefficient (Wildman–Crippen LogP) is 3.46. The second-order valence-electron chi connectivity index (χ2n) is 9.52. The molecule has 4 heterocycles. The largest absolute Gasteiger partial charge is 0.480 e. The van der Waals surface area contributed by atoms with Crippen molar-refractivity contribution >= 4 is 23.4 Å². The summed E-state index contributed by atoms with van der Waals surface area (Å²) < 4.78 is 12.8. The molecule has 11 heteroatoms. The van der Waals surface area contributed by atoms with E-state index in [1.807, 2.05) is 36.9 Å². The van der Waals surface area contributed by atoms with Crippen LogP contribution in [0.25, 0.3) is 11.3 Å². The molecule has 0 aliphatic carbocycles. The van der Waals surface area contributed by atoms with Gasteiger partial charge in [-0.05, 0) is 44.0 Å². The molecule has 3 unspecified atom stereocenters. The molecule has 0 saturated carbocycles. The topological polar surface area (TPSA) is 122 Å². The number of aromatic nitrogens is 3. The summed E-state index contributed by atoms with van der Waals surface area (Å²) in [5, 5.41) is 11.4. The van der Waals surface area contributed by atoms with Gasteiger partial charge in [0, 0.05) is 18.8 Å². The maximum absolute atomic E-state index is 14.1. The van der Waals surface area contributed by atoms with Crippen molar-refractivity contribution in [3.63, 3.8) is 0 Å². The van der Waals surface area contributed by atoms with E-state index in [0.29, 0.717) is 35.5 Å². The Morgan fingerprint density at radius 1 is 1.16 bits per heavy atom. The number of methoxy groups -OCH3 is 2. The number of nitrogens with zero attached hydrogens (tertiary/aromatic N) is 5. The summed E-state index contributed by atoms with van der Waals surface area (Å²) in [4.78, 5) is 36.6. The molecule has 0 spiro atoms. The van der Waals surface area contributed by atoms with E-state index in [4.69, 9.17) is 21.1 Å². The highest BCUT2D eigenvalue weighted by molar-refractivity contribution is 6.31. The Morgan fingerprint density at radius 3 is 2.50 bits per heavy atom. The third-order valence-electron chi connectivity index (χ3n) is 7.00. The third kappa shape index (κ3) is 4.13. The maximum Gasteiger partial charge on any atom is 0.319 e. The average molecular weight is 535 g/mol. The van der Waals surface area contributed by atoms with Crippen LogP contribution in [0.4, 0.5) is 0 Å². The molecule has 1 N–H and O–H groups in total. The van der Waals surface area contributed by atoms with Gasteiger partial charge in [0.1, 0.15) is 5.38 Å². The van der Waals surface area contributed by atoms with Crippen molar-refractivity contribution < 1.29 is 19.1 Å². The first-order chi connectivity index (χ1) is 18.3. The maximum atomic E-state index is 14.1. The van der Waals surface area contributed by atoms with Gasteiger partial charge in [-0.25, -0.2) is 4.98 Å². The van der Waals surface area contributed by atoms with Crippen LogP contribution in [0.2, 0.25) is 0 Å². The molecule has 10 nitrogen and oxygen atoms in total. The molecule has 1 aromatic carbocycles. The van der Waals surface area contributed by atoms with E-state index in [2.05, 4.69) is 25.9 Å². The van der Waals surface area contributed by atoms with E-state index < -0.39 is 11.4 Å². The number of ether oxygens (including phenoxy) is 2. The van der Waals surface area contributed by atoms with Crippen molar-refractivity contribution in [3.8, 4) is 29.2 Å². The Balaban J connectivity index is 1.71. The van der Waals surface area contributed by atoms with Crippen LogP contribution in [-0.2, 0) is 4.79 Å². The summed E-state index contributed by atoms with van der Waals surface area (Å²) in [5.74, 6) is -0.0647. The van der Waals surface area contributed by atoms with Gasteiger partial charge < -0.3 is 24.3 Å². The monoisotopic (exact) mass is 534 g/mol. The number of benzene rings is 1. The minimum Gasteiger partial charge on any atom is -0.480 e. The highest BCUT2D eigenvalue weighted by Crippen LogP contribution is 2.46. The lowest BCUT2D eigenvalue weighted by molar-refractivity contribution is -0.122. The van der Waals surface area contributed by atoms with Gasteiger partial charge in [0.25, 0.3) is 5.91 Å². The van der Waals surface area contributed by atoms with Crippen LogP contribution in [-0.4, -0.2) is 63.4 Å². The van der Waals surface area contributed by atoms with E-state index in [0.717, 1.165) is 17.0 Å². The fourth-order valence-corrected chi connectivity index (χ4v) is 5.61. The highest BCUT2D eigenvalue weighted by Gasteiger charge is 2.47. The van der Waals surface area contributed by atoms with Crippen molar-refractivity contribution in [3.05, 3.63) is 58.9 Å². The molecule has 0 radical (unpaired) electrons. The fourth-order valence-electron chi connectivity index (χ4n) is 5.33. The number of hydrogen-bond donors (Lipinski definition) is 1. The van der Waals surface area contributed by atoms with Crippen molar-refractivity contribution in [1.29, 1.82) is 5.26 Å². The molecule has 3 aromatic rings. The third-order valence-corrected chi connectivity index (χ3v) is 7.38. The zero-order chi connectivity index (χ0) is 27.1. The summed E-state index contributed by atoms with van der Waals surface area (Å²) in [6.07, 6.45) is 1.96. The molecule has 2 aliphatic rings. The number of nitriles is 1. The van der Waals surface area contributed by atoms with Crippen LogP contribution >= 0.6 is 11.6 Å². The molecular formula is C27H27ClN6O4. The van der Waals surface area contributed by atoms with Crippen molar-refractivity contribution in [2.75, 3.05) is 20.8 Å². The van der Waals surface area contributed by atoms with E-state index in [-0.39, 0.29) is 29.9 Å².